The second-order valence-corrected chi connectivity index (χ2v) is 5.01. The number of rotatable bonds is 6. The normalized spacial score (nSPS) is 15.5. The summed E-state index contributed by atoms with van der Waals surface area (Å²) in [6.07, 6.45) is 0.155. The molecule has 0 amide bonds. The average molecular weight is 241 g/mol. The van der Waals surface area contributed by atoms with Gasteiger partial charge in [0.2, 0.25) is 5.89 Å². The fourth-order valence-corrected chi connectivity index (χ4v) is 1.24. The predicted molar refractivity (Wildman–Crippen MR) is 65.6 cm³/mol. The van der Waals surface area contributed by atoms with Crippen LogP contribution in [0.25, 0.3) is 0 Å². The molecule has 1 aromatic heterocycles. The highest BCUT2D eigenvalue weighted by Gasteiger charge is 2.20. The van der Waals surface area contributed by atoms with Gasteiger partial charge < -0.3 is 15.0 Å². The molecule has 5 nitrogen and oxygen atoms in total. The summed E-state index contributed by atoms with van der Waals surface area (Å²) in [5.41, 5.74) is 5.92. The van der Waals surface area contributed by atoms with Gasteiger partial charge in [-0.25, -0.2) is 0 Å². The van der Waals surface area contributed by atoms with Gasteiger partial charge in [0.25, 0.3) is 0 Å². The SMILES string of the molecule is CC(C)OCC(N)c1noc(C(C)C(C)C)n1. The van der Waals surface area contributed by atoms with Gasteiger partial charge in [-0.3, -0.25) is 0 Å². The maximum atomic E-state index is 5.92. The molecule has 0 aliphatic heterocycles. The van der Waals surface area contributed by atoms with Crippen molar-refractivity contribution < 1.29 is 9.26 Å². The predicted octanol–water partition coefficient (Wildman–Crippen LogP) is 2.25. The highest BCUT2D eigenvalue weighted by molar-refractivity contribution is 4.97. The molecule has 1 heterocycles. The monoisotopic (exact) mass is 241 g/mol. The minimum Gasteiger partial charge on any atom is -0.377 e. The van der Waals surface area contributed by atoms with Crippen molar-refractivity contribution in [2.45, 2.75) is 52.7 Å². The summed E-state index contributed by atoms with van der Waals surface area (Å²) < 4.78 is 10.6. The third-order valence-corrected chi connectivity index (χ3v) is 2.79. The van der Waals surface area contributed by atoms with E-state index in [1.165, 1.54) is 0 Å². The first-order valence-electron chi connectivity index (χ1n) is 6.12. The molecular formula is C12H23N3O2. The molecule has 0 fully saturated rings. The van der Waals surface area contributed by atoms with Crippen LogP contribution in [0, 0.1) is 5.92 Å². The van der Waals surface area contributed by atoms with Gasteiger partial charge in [0.05, 0.1) is 18.8 Å². The standard InChI is InChI=1S/C12H23N3O2/c1-7(2)9(5)12-14-11(15-17-12)10(13)6-16-8(3)4/h7-10H,6,13H2,1-5H3. The Morgan fingerprint density at radius 1 is 1.24 bits per heavy atom. The van der Waals surface area contributed by atoms with Crippen LogP contribution in [-0.4, -0.2) is 22.9 Å². The van der Waals surface area contributed by atoms with Crippen LogP contribution in [0.5, 0.6) is 0 Å². The van der Waals surface area contributed by atoms with Crippen LogP contribution in [0.2, 0.25) is 0 Å². The molecule has 0 saturated carbocycles. The molecule has 0 radical (unpaired) electrons. The zero-order valence-corrected chi connectivity index (χ0v) is 11.3. The summed E-state index contributed by atoms with van der Waals surface area (Å²) >= 11 is 0. The number of hydrogen-bond donors (Lipinski definition) is 1. The number of hydrogen-bond acceptors (Lipinski definition) is 5. The number of nitrogens with zero attached hydrogens (tertiary/aromatic N) is 2. The molecule has 17 heavy (non-hydrogen) atoms. The van der Waals surface area contributed by atoms with E-state index in [1.54, 1.807) is 0 Å². The maximum Gasteiger partial charge on any atom is 0.229 e. The zero-order valence-electron chi connectivity index (χ0n) is 11.3. The van der Waals surface area contributed by atoms with Crippen LogP contribution in [0.15, 0.2) is 4.52 Å². The van der Waals surface area contributed by atoms with E-state index in [0.29, 0.717) is 24.2 Å². The van der Waals surface area contributed by atoms with Crippen molar-refractivity contribution in [1.82, 2.24) is 10.1 Å². The van der Waals surface area contributed by atoms with Gasteiger partial charge in [0, 0.05) is 5.92 Å². The number of aromatic nitrogens is 2. The second-order valence-electron chi connectivity index (χ2n) is 5.01. The molecule has 0 aliphatic rings. The third-order valence-electron chi connectivity index (χ3n) is 2.79. The Hall–Kier alpha value is -0.940. The van der Waals surface area contributed by atoms with Gasteiger partial charge in [0.15, 0.2) is 5.82 Å². The Bertz CT molecular complexity index is 336. The van der Waals surface area contributed by atoms with Crippen molar-refractivity contribution >= 4 is 0 Å². The summed E-state index contributed by atoms with van der Waals surface area (Å²) in [7, 11) is 0. The van der Waals surface area contributed by atoms with Gasteiger partial charge in [-0.1, -0.05) is 25.9 Å². The highest BCUT2D eigenvalue weighted by atomic mass is 16.5. The lowest BCUT2D eigenvalue weighted by Crippen LogP contribution is -2.21. The van der Waals surface area contributed by atoms with Crippen molar-refractivity contribution in [3.63, 3.8) is 0 Å². The van der Waals surface area contributed by atoms with E-state index in [4.69, 9.17) is 15.0 Å². The quantitative estimate of drug-likeness (QED) is 0.826. The van der Waals surface area contributed by atoms with Gasteiger partial charge in [-0.15, -0.1) is 0 Å². The van der Waals surface area contributed by atoms with Crippen molar-refractivity contribution in [2.75, 3.05) is 6.61 Å². The van der Waals surface area contributed by atoms with Crippen LogP contribution >= 0.6 is 0 Å². The lowest BCUT2D eigenvalue weighted by molar-refractivity contribution is 0.0665. The maximum absolute atomic E-state index is 5.92. The third kappa shape index (κ3) is 4.09. The Kier molecular flexibility index (Phi) is 5.08. The molecule has 0 aliphatic carbocycles. The molecule has 1 rings (SSSR count). The van der Waals surface area contributed by atoms with E-state index < -0.39 is 0 Å². The van der Waals surface area contributed by atoms with E-state index in [0.717, 1.165) is 0 Å². The summed E-state index contributed by atoms with van der Waals surface area (Å²) in [5.74, 6) is 1.88. The van der Waals surface area contributed by atoms with Crippen LogP contribution in [-0.2, 0) is 4.74 Å². The molecule has 1 aromatic rings. The molecule has 2 atom stereocenters. The summed E-state index contributed by atoms with van der Waals surface area (Å²) in [5, 5.41) is 3.91. The van der Waals surface area contributed by atoms with E-state index >= 15 is 0 Å². The Labute approximate surface area is 103 Å². The fourth-order valence-electron chi connectivity index (χ4n) is 1.24. The fraction of sp³-hybridized carbons (Fsp3) is 0.833. The smallest absolute Gasteiger partial charge is 0.229 e. The van der Waals surface area contributed by atoms with E-state index in [-0.39, 0.29) is 18.1 Å². The Morgan fingerprint density at radius 2 is 1.88 bits per heavy atom. The molecule has 0 spiro atoms. The largest absolute Gasteiger partial charge is 0.377 e. The zero-order chi connectivity index (χ0) is 13.0. The van der Waals surface area contributed by atoms with Crippen molar-refractivity contribution in [3.8, 4) is 0 Å². The van der Waals surface area contributed by atoms with E-state index in [9.17, 15) is 0 Å². The average Bonchev–Trinajstić information content (AvgIpc) is 2.73. The topological polar surface area (TPSA) is 74.2 Å². The minimum atomic E-state index is -0.325. The van der Waals surface area contributed by atoms with Crippen molar-refractivity contribution in [1.29, 1.82) is 0 Å². The first kappa shape index (κ1) is 14.1. The van der Waals surface area contributed by atoms with Gasteiger partial charge in [-0.05, 0) is 19.8 Å². The van der Waals surface area contributed by atoms with Crippen molar-refractivity contribution in [3.05, 3.63) is 11.7 Å². The molecule has 2 unspecified atom stereocenters. The second kappa shape index (κ2) is 6.12. The number of ether oxygens (including phenoxy) is 1. The highest BCUT2D eigenvalue weighted by Crippen LogP contribution is 2.22. The van der Waals surface area contributed by atoms with Crippen LogP contribution < -0.4 is 5.73 Å². The van der Waals surface area contributed by atoms with Gasteiger partial charge >= 0.3 is 0 Å². The molecule has 0 bridgehead atoms. The summed E-state index contributed by atoms with van der Waals surface area (Å²) in [6.45, 7) is 10.7. The van der Waals surface area contributed by atoms with Crippen LogP contribution in [0.3, 0.4) is 0 Å². The minimum absolute atomic E-state index is 0.155. The first-order valence-corrected chi connectivity index (χ1v) is 6.12. The molecule has 5 heteroatoms. The van der Waals surface area contributed by atoms with Crippen molar-refractivity contribution in [2.24, 2.45) is 11.7 Å². The molecular weight excluding hydrogens is 218 g/mol. The molecule has 2 N–H and O–H groups in total. The summed E-state index contributed by atoms with van der Waals surface area (Å²) in [6, 6.07) is -0.325. The van der Waals surface area contributed by atoms with Crippen LogP contribution in [0.1, 0.15) is 58.3 Å². The Morgan fingerprint density at radius 3 is 2.41 bits per heavy atom. The first-order chi connectivity index (χ1) is 7.91. The Balaban J connectivity index is 2.61. The molecule has 0 aromatic carbocycles. The molecule has 98 valence electrons. The molecule has 0 saturated heterocycles. The van der Waals surface area contributed by atoms with Crippen LogP contribution in [0.4, 0.5) is 0 Å². The lowest BCUT2D eigenvalue weighted by Gasteiger charge is -2.11. The number of nitrogens with two attached hydrogens (primary N) is 1. The summed E-state index contributed by atoms with van der Waals surface area (Å²) in [4.78, 5) is 4.33. The van der Waals surface area contributed by atoms with Gasteiger partial charge in [-0.2, -0.15) is 4.98 Å². The lowest BCUT2D eigenvalue weighted by atomic mass is 9.98. The van der Waals surface area contributed by atoms with E-state index in [2.05, 4.69) is 30.9 Å². The van der Waals surface area contributed by atoms with E-state index in [1.807, 2.05) is 13.8 Å². The van der Waals surface area contributed by atoms with Gasteiger partial charge in [0.1, 0.15) is 0 Å².